The van der Waals surface area contributed by atoms with Gasteiger partial charge in [-0.25, -0.2) is 0 Å². The van der Waals surface area contributed by atoms with Gasteiger partial charge < -0.3 is 25.0 Å². The minimum absolute atomic E-state index is 0.0193. The Hall–Kier alpha value is -3.65. The summed E-state index contributed by atoms with van der Waals surface area (Å²) in [5.41, 5.74) is 2.46. The van der Waals surface area contributed by atoms with Crippen molar-refractivity contribution in [2.75, 3.05) is 11.9 Å². The summed E-state index contributed by atoms with van der Waals surface area (Å²) in [6, 6.07) is 12.5. The Kier molecular flexibility index (Phi) is 7.84. The van der Waals surface area contributed by atoms with Crippen LogP contribution in [0.4, 0.5) is 5.69 Å². The van der Waals surface area contributed by atoms with E-state index >= 15 is 0 Å². The molecule has 3 fully saturated rings. The first-order valence-electron chi connectivity index (χ1n) is 15.7. The first kappa shape index (κ1) is 29.4. The number of likely N-dealkylation sites (tertiary alicyclic amines) is 1. The lowest BCUT2D eigenvalue weighted by molar-refractivity contribution is -0.142. The molecule has 8 unspecified atom stereocenters. The molecule has 0 aromatic heterocycles. The van der Waals surface area contributed by atoms with Crippen LogP contribution in [0.25, 0.3) is 0 Å². The van der Waals surface area contributed by atoms with Crippen molar-refractivity contribution in [3.05, 3.63) is 71.3 Å². The minimum Gasteiger partial charge on any atom is -0.494 e. The Morgan fingerprint density at radius 3 is 2.63 bits per heavy atom. The van der Waals surface area contributed by atoms with E-state index in [0.29, 0.717) is 29.9 Å². The Bertz CT molecular complexity index is 1450. The third-order valence-corrected chi connectivity index (χ3v) is 10.3. The van der Waals surface area contributed by atoms with E-state index in [0.717, 1.165) is 36.0 Å². The van der Waals surface area contributed by atoms with Gasteiger partial charge in [-0.2, -0.15) is 0 Å². The Morgan fingerprint density at radius 1 is 1.07 bits per heavy atom. The number of rotatable bonds is 8. The Labute approximate surface area is 254 Å². The van der Waals surface area contributed by atoms with Gasteiger partial charge in [0.15, 0.2) is 0 Å². The highest BCUT2D eigenvalue weighted by Gasteiger charge is 2.72. The van der Waals surface area contributed by atoms with Crippen LogP contribution in [-0.2, 0) is 25.7 Å². The molecule has 3 heterocycles. The van der Waals surface area contributed by atoms with Gasteiger partial charge >= 0.3 is 0 Å². The summed E-state index contributed by atoms with van der Waals surface area (Å²) in [4.78, 5) is 44.2. The highest BCUT2D eigenvalue weighted by atomic mass is 16.5. The van der Waals surface area contributed by atoms with Crippen molar-refractivity contribution < 1.29 is 23.9 Å². The molecule has 43 heavy (non-hydrogen) atoms. The fraction of sp³-hybridized carbons (Fsp3) is 0.514. The first-order chi connectivity index (χ1) is 20.6. The minimum atomic E-state index is -1.22. The molecular weight excluding hydrogens is 542 g/mol. The van der Waals surface area contributed by atoms with Crippen LogP contribution in [-0.4, -0.2) is 53.0 Å². The maximum absolute atomic E-state index is 14.4. The quantitative estimate of drug-likeness (QED) is 0.428. The number of benzene rings is 2. The fourth-order valence-corrected chi connectivity index (χ4v) is 7.64. The molecule has 1 spiro atoms. The highest BCUT2D eigenvalue weighted by molar-refractivity contribution is 6.02. The van der Waals surface area contributed by atoms with E-state index in [1.807, 2.05) is 75.4 Å². The third kappa shape index (κ3) is 5.03. The number of carbonyl (C=O) groups is 3. The summed E-state index contributed by atoms with van der Waals surface area (Å²) in [6.45, 7) is 11.0. The Balaban J connectivity index is 1.34. The van der Waals surface area contributed by atoms with Crippen LogP contribution in [0, 0.1) is 37.5 Å². The van der Waals surface area contributed by atoms with Crippen molar-refractivity contribution in [2.24, 2.45) is 23.7 Å². The predicted molar refractivity (Wildman–Crippen MR) is 164 cm³/mol. The van der Waals surface area contributed by atoms with Crippen molar-refractivity contribution in [1.82, 2.24) is 10.2 Å². The zero-order valence-corrected chi connectivity index (χ0v) is 25.8. The average Bonchev–Trinajstić information content (AvgIpc) is 3.62. The summed E-state index contributed by atoms with van der Waals surface area (Å²) >= 11 is 0. The molecule has 2 aromatic carbocycles. The van der Waals surface area contributed by atoms with Crippen LogP contribution in [0.5, 0.6) is 5.75 Å². The number of nitrogens with one attached hydrogen (secondary N) is 2. The van der Waals surface area contributed by atoms with Gasteiger partial charge in [-0.3, -0.25) is 14.4 Å². The lowest BCUT2D eigenvalue weighted by Crippen LogP contribution is -2.57. The summed E-state index contributed by atoms with van der Waals surface area (Å²) < 4.78 is 12.4. The number of anilines is 1. The van der Waals surface area contributed by atoms with E-state index < -0.39 is 29.6 Å². The number of hydrogen-bond acceptors (Lipinski definition) is 5. The molecule has 2 N–H and O–H groups in total. The molecule has 6 rings (SSSR count). The van der Waals surface area contributed by atoms with Gasteiger partial charge in [0.25, 0.3) is 0 Å². The summed E-state index contributed by atoms with van der Waals surface area (Å²) in [5.74, 6) is -0.819. The van der Waals surface area contributed by atoms with Gasteiger partial charge in [0, 0.05) is 17.3 Å². The molecule has 2 saturated heterocycles. The van der Waals surface area contributed by atoms with E-state index in [1.54, 1.807) is 4.90 Å². The molecule has 0 radical (unpaired) electrons. The number of ether oxygens (including phenoxy) is 2. The van der Waals surface area contributed by atoms with Crippen LogP contribution in [0.15, 0.2) is 54.6 Å². The monoisotopic (exact) mass is 585 g/mol. The number of carbonyl (C=O) groups excluding carboxylic acids is 3. The average molecular weight is 586 g/mol. The molecule has 8 nitrogen and oxygen atoms in total. The summed E-state index contributed by atoms with van der Waals surface area (Å²) in [6.07, 6.45) is 6.25. The van der Waals surface area contributed by atoms with Crippen LogP contribution in [0.1, 0.15) is 56.7 Å². The van der Waals surface area contributed by atoms with Crippen molar-refractivity contribution in [1.29, 1.82) is 0 Å². The zero-order valence-electron chi connectivity index (χ0n) is 25.8. The smallest absolute Gasteiger partial charge is 0.246 e. The number of nitrogens with zero attached hydrogens (tertiary/aromatic N) is 1. The van der Waals surface area contributed by atoms with Gasteiger partial charge in [0.05, 0.1) is 31.1 Å². The largest absolute Gasteiger partial charge is 0.494 e. The van der Waals surface area contributed by atoms with Gasteiger partial charge in [-0.15, -0.1) is 0 Å². The lowest BCUT2D eigenvalue weighted by atomic mass is 9.73. The number of aryl methyl sites for hydroxylation is 2. The third-order valence-electron chi connectivity index (χ3n) is 10.3. The SMILES string of the molecule is CCOc1ccccc1CN1C(=O)C2C(C(=O)Nc3ccc(C)c(C)c3)C3C=CC2(O3)C1C(=O)NC1CCCC(C)C1C. The number of amides is 3. The molecule has 1 aliphatic carbocycles. The molecular formula is C35H43N3O5. The van der Waals surface area contributed by atoms with Gasteiger partial charge in [-0.05, 0) is 68.4 Å². The second-order valence-corrected chi connectivity index (χ2v) is 12.9. The molecule has 8 atom stereocenters. The maximum Gasteiger partial charge on any atom is 0.246 e. The molecule has 228 valence electrons. The standard InChI is InChI=1S/C35H43N3O5/c1-6-42-27-13-8-7-11-24(27)19-38-31(33(40)37-26-12-9-10-21(3)23(26)5)35-17-16-28(43-35)29(30(35)34(38)41)32(39)36-25-15-14-20(2)22(4)18-25/h7-8,11,13-18,21,23,26,28-31H,6,9-10,12,19H2,1-5H3,(H,36,39)(H,37,40). The number of para-hydroxylation sites is 1. The molecule has 4 aliphatic rings. The molecule has 8 heteroatoms. The fourth-order valence-electron chi connectivity index (χ4n) is 7.64. The molecule has 3 amide bonds. The maximum atomic E-state index is 14.4. The van der Waals surface area contributed by atoms with Crippen LogP contribution >= 0.6 is 0 Å². The molecule has 1 saturated carbocycles. The second kappa shape index (κ2) is 11.5. The summed E-state index contributed by atoms with van der Waals surface area (Å²) in [5, 5.41) is 6.36. The van der Waals surface area contributed by atoms with Crippen LogP contribution in [0.2, 0.25) is 0 Å². The summed E-state index contributed by atoms with van der Waals surface area (Å²) in [7, 11) is 0. The van der Waals surface area contributed by atoms with Gasteiger partial charge in [0.2, 0.25) is 17.7 Å². The number of fused-ring (bicyclic) bond motifs is 1. The molecule has 2 bridgehead atoms. The molecule has 3 aliphatic heterocycles. The van der Waals surface area contributed by atoms with Gasteiger partial charge in [-0.1, -0.05) is 63.1 Å². The first-order valence-corrected chi connectivity index (χ1v) is 15.7. The zero-order chi connectivity index (χ0) is 30.5. The van der Waals surface area contributed by atoms with Crippen molar-refractivity contribution in [2.45, 2.75) is 84.2 Å². The van der Waals surface area contributed by atoms with E-state index in [-0.39, 0.29) is 30.3 Å². The van der Waals surface area contributed by atoms with Crippen LogP contribution in [0.3, 0.4) is 0 Å². The van der Waals surface area contributed by atoms with Crippen molar-refractivity contribution in [3.63, 3.8) is 0 Å². The topological polar surface area (TPSA) is 97.0 Å². The van der Waals surface area contributed by atoms with Gasteiger partial charge in [0.1, 0.15) is 17.4 Å². The van der Waals surface area contributed by atoms with Crippen LogP contribution < -0.4 is 15.4 Å². The second-order valence-electron chi connectivity index (χ2n) is 12.9. The van der Waals surface area contributed by atoms with E-state index in [1.165, 1.54) is 0 Å². The number of hydrogen-bond donors (Lipinski definition) is 2. The highest BCUT2D eigenvalue weighted by Crippen LogP contribution is 2.55. The van der Waals surface area contributed by atoms with Crippen molar-refractivity contribution in [3.8, 4) is 5.75 Å². The van der Waals surface area contributed by atoms with Crippen molar-refractivity contribution >= 4 is 23.4 Å². The van der Waals surface area contributed by atoms with E-state index in [2.05, 4.69) is 24.5 Å². The van der Waals surface area contributed by atoms with E-state index in [9.17, 15) is 14.4 Å². The lowest BCUT2D eigenvalue weighted by Gasteiger charge is -2.38. The van der Waals surface area contributed by atoms with E-state index in [4.69, 9.17) is 9.47 Å². The molecule has 2 aromatic rings. The normalized spacial score (nSPS) is 32.5. The predicted octanol–water partition coefficient (Wildman–Crippen LogP) is 4.93. The Morgan fingerprint density at radius 2 is 1.86 bits per heavy atom.